The van der Waals surface area contributed by atoms with E-state index in [1.54, 1.807) is 0 Å². The second-order valence-corrected chi connectivity index (χ2v) is 7.10. The molecule has 0 bridgehead atoms. The molecule has 2 fully saturated rings. The summed E-state index contributed by atoms with van der Waals surface area (Å²) in [6.45, 7) is 9.93. The lowest BCUT2D eigenvalue weighted by atomic mass is 10.0. The van der Waals surface area contributed by atoms with Crippen LogP contribution in [-0.4, -0.2) is 50.4 Å². The van der Waals surface area contributed by atoms with Crippen LogP contribution >= 0.6 is 0 Å². The van der Waals surface area contributed by atoms with Crippen molar-refractivity contribution in [3.8, 4) is 0 Å². The van der Waals surface area contributed by atoms with Gasteiger partial charge in [-0.15, -0.1) is 0 Å². The maximum absolute atomic E-state index is 11.8. The molecule has 15 heavy (non-hydrogen) atoms. The molecule has 0 aromatic carbocycles. The molecule has 2 atom stereocenters. The van der Waals surface area contributed by atoms with E-state index in [9.17, 15) is 4.21 Å². The van der Waals surface area contributed by atoms with Gasteiger partial charge in [0.25, 0.3) is 0 Å². The summed E-state index contributed by atoms with van der Waals surface area (Å²) in [5, 5.41) is 0. The van der Waals surface area contributed by atoms with Crippen molar-refractivity contribution in [1.82, 2.24) is 9.21 Å². The number of nitrogens with zero attached hydrogens (tertiary/aromatic N) is 2. The Balaban J connectivity index is 2.03. The third kappa shape index (κ3) is 2.43. The Labute approximate surface area is 95.4 Å². The zero-order chi connectivity index (χ0) is 11.1. The van der Waals surface area contributed by atoms with Crippen LogP contribution < -0.4 is 0 Å². The summed E-state index contributed by atoms with van der Waals surface area (Å²) in [6.07, 6.45) is 2.35. The van der Waals surface area contributed by atoms with Gasteiger partial charge in [0.15, 0.2) is 0 Å². The van der Waals surface area contributed by atoms with Crippen molar-refractivity contribution in [2.45, 2.75) is 45.2 Å². The molecule has 0 N–H and O–H groups in total. The van der Waals surface area contributed by atoms with Crippen LogP contribution in [0.3, 0.4) is 0 Å². The van der Waals surface area contributed by atoms with Crippen molar-refractivity contribution in [1.29, 1.82) is 0 Å². The van der Waals surface area contributed by atoms with Gasteiger partial charge in [-0.1, -0.05) is 0 Å². The lowest BCUT2D eigenvalue weighted by molar-refractivity contribution is 0.0557. The summed E-state index contributed by atoms with van der Waals surface area (Å²) in [5.41, 5.74) is 0.255. The molecule has 0 amide bonds. The maximum atomic E-state index is 11.8. The summed E-state index contributed by atoms with van der Waals surface area (Å²) >= 11 is 0. The van der Waals surface area contributed by atoms with E-state index in [4.69, 9.17) is 0 Å². The molecule has 2 rings (SSSR count). The quantitative estimate of drug-likeness (QED) is 0.625. The third-order valence-electron chi connectivity index (χ3n) is 3.50. The van der Waals surface area contributed by atoms with Crippen molar-refractivity contribution in [2.75, 3.05) is 25.4 Å². The minimum atomic E-state index is -0.692. The molecule has 2 heterocycles. The van der Waals surface area contributed by atoms with Crippen molar-refractivity contribution in [2.24, 2.45) is 0 Å². The van der Waals surface area contributed by atoms with Crippen LogP contribution in [0.4, 0.5) is 0 Å². The first kappa shape index (κ1) is 11.6. The van der Waals surface area contributed by atoms with E-state index in [-0.39, 0.29) is 5.54 Å². The Morgan fingerprint density at radius 2 is 2.00 bits per heavy atom. The van der Waals surface area contributed by atoms with Crippen LogP contribution in [-0.2, 0) is 11.0 Å². The number of hydrogen-bond donors (Lipinski definition) is 0. The van der Waals surface area contributed by atoms with Crippen LogP contribution in [0.5, 0.6) is 0 Å². The molecule has 1 unspecified atom stereocenters. The highest BCUT2D eigenvalue weighted by Gasteiger charge is 2.36. The fraction of sp³-hybridized carbons (Fsp3) is 1.00. The van der Waals surface area contributed by atoms with Gasteiger partial charge >= 0.3 is 0 Å². The molecule has 2 aliphatic heterocycles. The van der Waals surface area contributed by atoms with Gasteiger partial charge < -0.3 is 0 Å². The van der Waals surface area contributed by atoms with E-state index in [0.29, 0.717) is 6.04 Å². The normalized spacial score (nSPS) is 35.1. The molecule has 0 spiro atoms. The fourth-order valence-corrected chi connectivity index (χ4v) is 3.95. The minimum absolute atomic E-state index is 0.255. The topological polar surface area (TPSA) is 23.6 Å². The van der Waals surface area contributed by atoms with E-state index >= 15 is 0 Å². The monoisotopic (exact) mass is 230 g/mol. The summed E-state index contributed by atoms with van der Waals surface area (Å²) in [7, 11) is -0.692. The SMILES string of the molecule is CC(C)(C)N1CCN2[C@@H](CCCS2=O)C1. The smallest absolute Gasteiger partial charge is 0.0946 e. The van der Waals surface area contributed by atoms with Crippen molar-refractivity contribution in [3.63, 3.8) is 0 Å². The van der Waals surface area contributed by atoms with Crippen LogP contribution in [0.25, 0.3) is 0 Å². The zero-order valence-electron chi connectivity index (χ0n) is 10.0. The molecule has 2 aliphatic rings. The standard InChI is InChI=1S/C11H22N2OS/c1-11(2,3)12-6-7-13-10(9-12)5-4-8-15(13)14/h10H,4-9H2,1-3H3/t10-,15?/m0/s1. The fourth-order valence-electron chi connectivity index (χ4n) is 2.51. The van der Waals surface area contributed by atoms with Crippen LogP contribution in [0.15, 0.2) is 0 Å². The molecule has 4 heteroatoms. The molecule has 88 valence electrons. The maximum Gasteiger partial charge on any atom is 0.0946 e. The summed E-state index contributed by atoms with van der Waals surface area (Å²) in [5.74, 6) is 0.881. The highest BCUT2D eigenvalue weighted by Crippen LogP contribution is 2.25. The molecule has 0 aromatic rings. The van der Waals surface area contributed by atoms with Crippen LogP contribution in [0.1, 0.15) is 33.6 Å². The Bertz CT molecular complexity index is 262. The molecule has 0 saturated carbocycles. The molecular formula is C11H22N2OS. The van der Waals surface area contributed by atoms with Gasteiger partial charge in [0.05, 0.1) is 11.0 Å². The van der Waals surface area contributed by atoms with Crippen LogP contribution in [0, 0.1) is 0 Å². The predicted octanol–water partition coefficient (Wildman–Crippen LogP) is 1.23. The van der Waals surface area contributed by atoms with Gasteiger partial charge in [0.1, 0.15) is 0 Å². The van der Waals surface area contributed by atoms with Crippen molar-refractivity contribution >= 4 is 11.0 Å². The highest BCUT2D eigenvalue weighted by molar-refractivity contribution is 7.82. The highest BCUT2D eigenvalue weighted by atomic mass is 32.2. The second-order valence-electron chi connectivity index (χ2n) is 5.58. The van der Waals surface area contributed by atoms with E-state index in [2.05, 4.69) is 30.0 Å². The lowest BCUT2D eigenvalue weighted by Crippen LogP contribution is -2.59. The summed E-state index contributed by atoms with van der Waals surface area (Å²) in [4.78, 5) is 2.52. The van der Waals surface area contributed by atoms with Gasteiger partial charge in [-0.2, -0.15) is 0 Å². The number of fused-ring (bicyclic) bond motifs is 1. The van der Waals surface area contributed by atoms with E-state index in [1.165, 1.54) is 6.42 Å². The predicted molar refractivity (Wildman–Crippen MR) is 64.1 cm³/mol. The molecule has 0 aromatic heterocycles. The largest absolute Gasteiger partial charge is 0.296 e. The van der Waals surface area contributed by atoms with Crippen molar-refractivity contribution < 1.29 is 4.21 Å². The van der Waals surface area contributed by atoms with Crippen LogP contribution in [0.2, 0.25) is 0 Å². The van der Waals surface area contributed by atoms with Gasteiger partial charge in [-0.25, -0.2) is 8.51 Å². The Kier molecular flexibility index (Phi) is 3.20. The first-order chi connectivity index (χ1) is 6.98. The number of rotatable bonds is 0. The Morgan fingerprint density at radius 3 is 2.67 bits per heavy atom. The van der Waals surface area contributed by atoms with Gasteiger partial charge in [-0.3, -0.25) is 4.90 Å². The van der Waals surface area contributed by atoms with Gasteiger partial charge in [-0.05, 0) is 33.6 Å². The Morgan fingerprint density at radius 1 is 1.27 bits per heavy atom. The average Bonchev–Trinajstić information content (AvgIpc) is 2.16. The second kappa shape index (κ2) is 4.15. The molecular weight excluding hydrogens is 208 g/mol. The summed E-state index contributed by atoms with van der Waals surface area (Å²) < 4.78 is 14.0. The zero-order valence-corrected chi connectivity index (χ0v) is 10.8. The summed E-state index contributed by atoms with van der Waals surface area (Å²) in [6, 6.07) is 0.535. The van der Waals surface area contributed by atoms with E-state index in [0.717, 1.165) is 31.8 Å². The minimum Gasteiger partial charge on any atom is -0.296 e. The van der Waals surface area contributed by atoms with Gasteiger partial charge in [0.2, 0.25) is 0 Å². The van der Waals surface area contributed by atoms with E-state index < -0.39 is 11.0 Å². The van der Waals surface area contributed by atoms with E-state index in [1.807, 2.05) is 0 Å². The molecule has 3 nitrogen and oxygen atoms in total. The first-order valence-electron chi connectivity index (χ1n) is 5.88. The number of piperazine rings is 1. The third-order valence-corrected chi connectivity index (χ3v) is 5.14. The molecule has 0 radical (unpaired) electrons. The first-order valence-corrected chi connectivity index (χ1v) is 7.16. The molecule has 0 aliphatic carbocycles. The Hall–Kier alpha value is 0.0700. The molecule has 2 saturated heterocycles. The number of hydrogen-bond acceptors (Lipinski definition) is 2. The average molecular weight is 230 g/mol. The van der Waals surface area contributed by atoms with Gasteiger partial charge in [0, 0.05) is 37.0 Å². The lowest BCUT2D eigenvalue weighted by Gasteiger charge is -2.47. The van der Waals surface area contributed by atoms with Crippen molar-refractivity contribution in [3.05, 3.63) is 0 Å².